The Balaban J connectivity index is 2.41. The maximum atomic E-state index is 11.7. The van der Waals surface area contributed by atoms with E-state index < -0.39 is 0 Å². The predicted molar refractivity (Wildman–Crippen MR) is 72.1 cm³/mol. The molecule has 1 aromatic heterocycles. The van der Waals surface area contributed by atoms with Crippen LogP contribution in [0.4, 0.5) is 0 Å². The molecule has 2 aromatic rings. The van der Waals surface area contributed by atoms with Gasteiger partial charge in [0.05, 0.1) is 11.8 Å². The summed E-state index contributed by atoms with van der Waals surface area (Å²) in [5.74, 6) is 0. The number of hydrazone groups is 1. The fourth-order valence-electron chi connectivity index (χ4n) is 1.43. The monoisotopic (exact) mass is 246 g/mol. The number of fused-ring (bicyclic) bond motifs is 1. The van der Waals surface area contributed by atoms with Gasteiger partial charge >= 0.3 is 0 Å². The number of hydrogen-bond acceptors (Lipinski definition) is 3. The number of nitrogens with one attached hydrogen (secondary N) is 2. The Kier molecular flexibility index (Phi) is 3.15. The Morgan fingerprint density at radius 1 is 1.47 bits per heavy atom. The lowest BCUT2D eigenvalue weighted by atomic mass is 10.2. The number of nitrogens with zero attached hydrogens (tertiary/aromatic N) is 1. The number of H-pyrrole nitrogens is 1. The van der Waals surface area contributed by atoms with E-state index in [-0.39, 0.29) is 10.7 Å². The van der Waals surface area contributed by atoms with Crippen LogP contribution in [-0.4, -0.2) is 16.3 Å². The van der Waals surface area contributed by atoms with Gasteiger partial charge in [-0.2, -0.15) is 5.10 Å². The first-order chi connectivity index (χ1) is 8.16. The Morgan fingerprint density at radius 3 is 3.00 bits per heavy atom. The highest BCUT2D eigenvalue weighted by Gasteiger charge is 1.99. The van der Waals surface area contributed by atoms with E-state index in [9.17, 15) is 4.79 Å². The third-order valence-electron chi connectivity index (χ3n) is 2.16. The summed E-state index contributed by atoms with van der Waals surface area (Å²) < 4.78 is 0. The van der Waals surface area contributed by atoms with Crippen LogP contribution in [0.3, 0.4) is 0 Å². The van der Waals surface area contributed by atoms with Gasteiger partial charge in [0.15, 0.2) is 5.11 Å². The number of hydrogen-bond donors (Lipinski definition) is 3. The molecule has 0 atom stereocenters. The highest BCUT2D eigenvalue weighted by Crippen LogP contribution is 2.08. The van der Waals surface area contributed by atoms with E-state index >= 15 is 0 Å². The van der Waals surface area contributed by atoms with Gasteiger partial charge in [-0.15, -0.1) is 0 Å². The fraction of sp³-hybridized carbons (Fsp3) is 0. The van der Waals surface area contributed by atoms with Crippen molar-refractivity contribution >= 4 is 34.4 Å². The molecule has 17 heavy (non-hydrogen) atoms. The van der Waals surface area contributed by atoms with Crippen LogP contribution in [-0.2, 0) is 0 Å². The van der Waals surface area contributed by atoms with Crippen molar-refractivity contribution in [2.45, 2.75) is 0 Å². The zero-order chi connectivity index (χ0) is 12.3. The van der Waals surface area contributed by atoms with Crippen molar-refractivity contribution in [3.8, 4) is 0 Å². The molecule has 6 heteroatoms. The third-order valence-corrected chi connectivity index (χ3v) is 2.25. The van der Waals surface area contributed by atoms with Crippen molar-refractivity contribution in [3.05, 3.63) is 46.2 Å². The lowest BCUT2D eigenvalue weighted by Gasteiger charge is -1.99. The second-order valence-corrected chi connectivity index (χ2v) is 3.82. The number of nitrogens with two attached hydrogens (primary N) is 1. The fourth-order valence-corrected chi connectivity index (χ4v) is 1.48. The van der Waals surface area contributed by atoms with E-state index in [1.807, 2.05) is 24.3 Å². The molecular formula is C11H10N4OS. The van der Waals surface area contributed by atoms with Crippen LogP contribution in [0, 0.1) is 0 Å². The first kappa shape index (κ1) is 11.3. The van der Waals surface area contributed by atoms with Crippen molar-refractivity contribution in [1.29, 1.82) is 0 Å². The standard InChI is InChI=1S/C11H10N4OS/c12-11(17)15-13-6-8-5-7-3-1-2-4-9(7)14-10(8)16/h1-6H,(H,14,16)(H3,12,15,17)/b13-6+. The van der Waals surface area contributed by atoms with Crippen molar-refractivity contribution in [2.75, 3.05) is 0 Å². The van der Waals surface area contributed by atoms with E-state index in [4.69, 9.17) is 5.73 Å². The van der Waals surface area contributed by atoms with Crippen molar-refractivity contribution in [3.63, 3.8) is 0 Å². The summed E-state index contributed by atoms with van der Waals surface area (Å²) in [5, 5.41) is 4.74. The number of para-hydroxylation sites is 1. The number of benzene rings is 1. The highest BCUT2D eigenvalue weighted by molar-refractivity contribution is 7.80. The zero-order valence-corrected chi connectivity index (χ0v) is 9.62. The second-order valence-electron chi connectivity index (χ2n) is 3.38. The molecule has 0 radical (unpaired) electrons. The highest BCUT2D eigenvalue weighted by atomic mass is 32.1. The van der Waals surface area contributed by atoms with Gasteiger partial charge < -0.3 is 10.7 Å². The summed E-state index contributed by atoms with van der Waals surface area (Å²) in [6.45, 7) is 0. The van der Waals surface area contributed by atoms with E-state index in [1.165, 1.54) is 6.21 Å². The molecule has 0 unspecified atom stereocenters. The van der Waals surface area contributed by atoms with E-state index in [0.717, 1.165) is 10.9 Å². The summed E-state index contributed by atoms with van der Waals surface area (Å²) >= 11 is 4.59. The molecule has 0 fully saturated rings. The molecule has 1 heterocycles. The van der Waals surface area contributed by atoms with Crippen molar-refractivity contribution in [1.82, 2.24) is 10.4 Å². The lowest BCUT2D eigenvalue weighted by Crippen LogP contribution is -2.24. The Morgan fingerprint density at radius 2 is 2.24 bits per heavy atom. The van der Waals surface area contributed by atoms with Crippen LogP contribution in [0.2, 0.25) is 0 Å². The largest absolute Gasteiger partial charge is 0.375 e. The van der Waals surface area contributed by atoms with Crippen LogP contribution in [0.5, 0.6) is 0 Å². The van der Waals surface area contributed by atoms with E-state index in [2.05, 4.69) is 27.7 Å². The maximum Gasteiger partial charge on any atom is 0.257 e. The second kappa shape index (κ2) is 4.75. The quantitative estimate of drug-likeness (QED) is 0.414. The smallest absolute Gasteiger partial charge is 0.257 e. The summed E-state index contributed by atoms with van der Waals surface area (Å²) in [6, 6.07) is 9.25. The van der Waals surface area contributed by atoms with Gasteiger partial charge in [-0.1, -0.05) is 18.2 Å². The van der Waals surface area contributed by atoms with Gasteiger partial charge in [-0.05, 0) is 29.7 Å². The molecule has 0 saturated heterocycles. The van der Waals surface area contributed by atoms with Gasteiger partial charge in [0.2, 0.25) is 0 Å². The summed E-state index contributed by atoms with van der Waals surface area (Å²) in [4.78, 5) is 14.4. The molecule has 0 bridgehead atoms. The zero-order valence-electron chi connectivity index (χ0n) is 8.81. The van der Waals surface area contributed by atoms with Gasteiger partial charge in [0.1, 0.15) is 0 Å². The molecule has 1 aromatic carbocycles. The Bertz CT molecular complexity index is 647. The molecule has 0 aliphatic rings. The van der Waals surface area contributed by atoms with Gasteiger partial charge in [0, 0.05) is 5.52 Å². The summed E-state index contributed by atoms with van der Waals surface area (Å²) in [6.07, 6.45) is 1.38. The van der Waals surface area contributed by atoms with E-state index in [1.54, 1.807) is 6.07 Å². The Labute approximate surface area is 102 Å². The molecule has 4 N–H and O–H groups in total. The topological polar surface area (TPSA) is 83.3 Å². The molecule has 0 aliphatic carbocycles. The molecule has 0 saturated carbocycles. The van der Waals surface area contributed by atoms with Gasteiger partial charge in [0.25, 0.3) is 5.56 Å². The number of thiocarbonyl (C=S) groups is 1. The number of rotatable bonds is 2. The van der Waals surface area contributed by atoms with Crippen molar-refractivity contribution in [2.24, 2.45) is 10.8 Å². The summed E-state index contributed by atoms with van der Waals surface area (Å²) in [5.41, 5.74) is 8.62. The minimum absolute atomic E-state index is 0.0541. The van der Waals surface area contributed by atoms with Crippen LogP contribution < -0.4 is 16.7 Å². The number of pyridine rings is 1. The third kappa shape index (κ3) is 2.67. The minimum atomic E-state index is -0.211. The van der Waals surface area contributed by atoms with Crippen LogP contribution >= 0.6 is 12.2 Å². The molecule has 0 aliphatic heterocycles. The van der Waals surface area contributed by atoms with Crippen LogP contribution in [0.1, 0.15) is 5.56 Å². The van der Waals surface area contributed by atoms with Crippen molar-refractivity contribution < 1.29 is 0 Å². The predicted octanol–water partition coefficient (Wildman–Crippen LogP) is 0.695. The molecule has 0 spiro atoms. The molecule has 86 valence electrons. The summed E-state index contributed by atoms with van der Waals surface area (Å²) in [7, 11) is 0. The minimum Gasteiger partial charge on any atom is -0.375 e. The SMILES string of the molecule is NC(=S)N/N=C/c1cc2ccccc2[nH]c1=O. The normalized spacial score (nSPS) is 10.8. The molecular weight excluding hydrogens is 236 g/mol. The Hall–Kier alpha value is -2.21. The lowest BCUT2D eigenvalue weighted by molar-refractivity contribution is 1.04. The molecule has 0 amide bonds. The van der Waals surface area contributed by atoms with Gasteiger partial charge in [-0.3, -0.25) is 10.2 Å². The van der Waals surface area contributed by atoms with Crippen LogP contribution in [0.15, 0.2) is 40.2 Å². The number of aromatic amines is 1. The molecule has 5 nitrogen and oxygen atoms in total. The molecule has 2 rings (SSSR count). The average Bonchev–Trinajstić information content (AvgIpc) is 2.29. The first-order valence-corrected chi connectivity index (χ1v) is 5.28. The first-order valence-electron chi connectivity index (χ1n) is 4.87. The van der Waals surface area contributed by atoms with Crippen LogP contribution in [0.25, 0.3) is 10.9 Å². The maximum absolute atomic E-state index is 11.7. The average molecular weight is 246 g/mol. The van der Waals surface area contributed by atoms with E-state index in [0.29, 0.717) is 5.56 Å². The van der Waals surface area contributed by atoms with Gasteiger partial charge in [-0.25, -0.2) is 0 Å². The number of aromatic nitrogens is 1.